The topological polar surface area (TPSA) is 87.4 Å². The molecule has 1 aromatic carbocycles. The first-order valence-corrected chi connectivity index (χ1v) is 7.37. The number of amides is 1. The zero-order valence-electron chi connectivity index (χ0n) is 12.6. The van der Waals surface area contributed by atoms with Gasteiger partial charge in [-0.15, -0.1) is 12.4 Å². The van der Waals surface area contributed by atoms with Gasteiger partial charge in [0.05, 0.1) is 18.2 Å². The molecule has 0 radical (unpaired) electrons. The van der Waals surface area contributed by atoms with E-state index >= 15 is 0 Å². The van der Waals surface area contributed by atoms with Crippen molar-refractivity contribution in [1.82, 2.24) is 15.6 Å². The SMILES string of the molecule is Cl.O=C(Cc1coc(-c2ccccc2)n1)NCC1CNCC1O. The maximum atomic E-state index is 11.9. The van der Waals surface area contributed by atoms with Crippen molar-refractivity contribution in [2.24, 2.45) is 5.92 Å². The van der Waals surface area contributed by atoms with Crippen molar-refractivity contribution in [2.75, 3.05) is 19.6 Å². The molecule has 0 saturated carbocycles. The molecule has 1 aliphatic heterocycles. The number of carbonyl (C=O) groups excluding carboxylic acids is 1. The Labute approximate surface area is 140 Å². The quantitative estimate of drug-likeness (QED) is 0.757. The van der Waals surface area contributed by atoms with E-state index in [1.54, 1.807) is 0 Å². The summed E-state index contributed by atoms with van der Waals surface area (Å²) in [5.74, 6) is 0.465. The van der Waals surface area contributed by atoms with Crippen molar-refractivity contribution < 1.29 is 14.3 Å². The molecular weight excluding hydrogens is 318 g/mol. The highest BCUT2D eigenvalue weighted by atomic mass is 35.5. The Bertz CT molecular complexity index is 633. The number of oxazole rings is 1. The molecule has 6 nitrogen and oxygen atoms in total. The van der Waals surface area contributed by atoms with Gasteiger partial charge in [0.1, 0.15) is 6.26 Å². The van der Waals surface area contributed by atoms with Crippen LogP contribution in [0.1, 0.15) is 5.69 Å². The number of rotatable bonds is 5. The minimum atomic E-state index is -0.392. The lowest BCUT2D eigenvalue weighted by molar-refractivity contribution is -0.120. The fraction of sp³-hybridized carbons (Fsp3) is 0.375. The Morgan fingerprint density at radius 1 is 1.35 bits per heavy atom. The van der Waals surface area contributed by atoms with E-state index in [0.29, 0.717) is 24.7 Å². The molecule has 2 atom stereocenters. The summed E-state index contributed by atoms with van der Waals surface area (Å²) in [5, 5.41) is 15.6. The molecule has 1 amide bonds. The Morgan fingerprint density at radius 2 is 2.13 bits per heavy atom. The molecule has 2 unspecified atom stereocenters. The number of nitrogens with zero attached hydrogens (tertiary/aromatic N) is 1. The summed E-state index contributed by atoms with van der Waals surface area (Å²) >= 11 is 0. The second kappa shape index (κ2) is 8.10. The van der Waals surface area contributed by atoms with Gasteiger partial charge < -0.3 is 20.2 Å². The van der Waals surface area contributed by atoms with Crippen molar-refractivity contribution in [2.45, 2.75) is 12.5 Å². The van der Waals surface area contributed by atoms with Crippen LogP contribution in [0.5, 0.6) is 0 Å². The lowest BCUT2D eigenvalue weighted by atomic mass is 10.1. The fourth-order valence-corrected chi connectivity index (χ4v) is 2.50. The van der Waals surface area contributed by atoms with E-state index in [4.69, 9.17) is 4.42 Å². The third-order valence-corrected chi connectivity index (χ3v) is 3.78. The van der Waals surface area contributed by atoms with Crippen molar-refractivity contribution >= 4 is 18.3 Å². The van der Waals surface area contributed by atoms with Gasteiger partial charge in [0.15, 0.2) is 0 Å². The Morgan fingerprint density at radius 3 is 2.83 bits per heavy atom. The Hall–Kier alpha value is -1.89. The summed E-state index contributed by atoms with van der Waals surface area (Å²) < 4.78 is 5.41. The average molecular weight is 338 g/mol. The number of hydrogen-bond acceptors (Lipinski definition) is 5. The third kappa shape index (κ3) is 4.54. The van der Waals surface area contributed by atoms with Gasteiger partial charge in [-0.3, -0.25) is 4.79 Å². The predicted molar refractivity (Wildman–Crippen MR) is 88.3 cm³/mol. The molecule has 2 heterocycles. The van der Waals surface area contributed by atoms with E-state index in [1.165, 1.54) is 6.26 Å². The van der Waals surface area contributed by atoms with Crippen LogP contribution in [0.2, 0.25) is 0 Å². The third-order valence-electron chi connectivity index (χ3n) is 3.78. The van der Waals surface area contributed by atoms with E-state index in [2.05, 4.69) is 15.6 Å². The number of aliphatic hydroxyl groups excluding tert-OH is 1. The van der Waals surface area contributed by atoms with E-state index in [0.717, 1.165) is 12.1 Å². The van der Waals surface area contributed by atoms with Gasteiger partial charge in [-0.1, -0.05) is 18.2 Å². The van der Waals surface area contributed by atoms with Gasteiger partial charge in [-0.2, -0.15) is 0 Å². The van der Waals surface area contributed by atoms with Crippen LogP contribution in [0.15, 0.2) is 41.0 Å². The molecule has 3 N–H and O–H groups in total. The maximum Gasteiger partial charge on any atom is 0.226 e. The number of carbonyl (C=O) groups is 1. The molecule has 7 heteroatoms. The number of aliphatic hydroxyl groups is 1. The molecule has 0 bridgehead atoms. The first-order valence-electron chi connectivity index (χ1n) is 7.37. The van der Waals surface area contributed by atoms with E-state index in [9.17, 15) is 9.90 Å². The fourth-order valence-electron chi connectivity index (χ4n) is 2.50. The predicted octanol–water partition coefficient (Wildman–Crippen LogP) is 1.00. The maximum absolute atomic E-state index is 11.9. The molecule has 2 aromatic rings. The van der Waals surface area contributed by atoms with Gasteiger partial charge in [-0.05, 0) is 12.1 Å². The minimum absolute atomic E-state index is 0. The number of halogens is 1. The van der Waals surface area contributed by atoms with Gasteiger partial charge >= 0.3 is 0 Å². The Balaban J connectivity index is 0.00000192. The van der Waals surface area contributed by atoms with Crippen molar-refractivity contribution in [3.05, 3.63) is 42.3 Å². The normalized spacial score (nSPS) is 20.0. The molecular formula is C16H20ClN3O3. The number of benzene rings is 1. The summed E-state index contributed by atoms with van der Waals surface area (Å²) in [4.78, 5) is 16.3. The number of hydrogen-bond donors (Lipinski definition) is 3. The van der Waals surface area contributed by atoms with Crippen LogP contribution in [0, 0.1) is 5.92 Å². The van der Waals surface area contributed by atoms with Gasteiger partial charge in [0.2, 0.25) is 11.8 Å². The van der Waals surface area contributed by atoms with Gasteiger partial charge in [0, 0.05) is 31.1 Å². The molecule has 1 aliphatic rings. The lowest BCUT2D eigenvalue weighted by Gasteiger charge is -2.13. The highest BCUT2D eigenvalue weighted by Crippen LogP contribution is 2.18. The first kappa shape index (κ1) is 17.5. The summed E-state index contributed by atoms with van der Waals surface area (Å²) in [7, 11) is 0. The van der Waals surface area contributed by atoms with Gasteiger partial charge in [-0.25, -0.2) is 4.98 Å². The monoisotopic (exact) mass is 337 g/mol. The zero-order valence-corrected chi connectivity index (χ0v) is 13.4. The van der Waals surface area contributed by atoms with Crippen molar-refractivity contribution in [3.63, 3.8) is 0 Å². The summed E-state index contributed by atoms with van der Waals surface area (Å²) in [6.07, 6.45) is 1.29. The molecule has 1 fully saturated rings. The van der Waals surface area contributed by atoms with Crippen LogP contribution in [0.25, 0.3) is 11.5 Å². The van der Waals surface area contributed by atoms with Crippen LogP contribution in [0.3, 0.4) is 0 Å². The number of aromatic nitrogens is 1. The summed E-state index contributed by atoms with van der Waals surface area (Å²) in [6.45, 7) is 1.78. The average Bonchev–Trinajstić information content (AvgIpc) is 3.15. The van der Waals surface area contributed by atoms with E-state index in [1.807, 2.05) is 30.3 Å². The highest BCUT2D eigenvalue weighted by Gasteiger charge is 2.25. The lowest BCUT2D eigenvalue weighted by Crippen LogP contribution is -2.35. The van der Waals surface area contributed by atoms with Crippen LogP contribution in [-0.4, -0.2) is 41.7 Å². The molecule has 124 valence electrons. The molecule has 23 heavy (non-hydrogen) atoms. The minimum Gasteiger partial charge on any atom is -0.444 e. The molecule has 3 rings (SSSR count). The largest absolute Gasteiger partial charge is 0.444 e. The summed E-state index contributed by atoms with van der Waals surface area (Å²) in [5.41, 5.74) is 1.48. The zero-order chi connectivity index (χ0) is 15.4. The van der Waals surface area contributed by atoms with Crippen LogP contribution in [0.4, 0.5) is 0 Å². The summed E-state index contributed by atoms with van der Waals surface area (Å²) in [6, 6.07) is 9.56. The highest BCUT2D eigenvalue weighted by molar-refractivity contribution is 5.85. The molecule has 0 spiro atoms. The number of nitrogens with one attached hydrogen (secondary N) is 2. The molecule has 0 aliphatic carbocycles. The van der Waals surface area contributed by atoms with E-state index < -0.39 is 6.10 Å². The second-order valence-corrected chi connectivity index (χ2v) is 5.48. The van der Waals surface area contributed by atoms with Crippen molar-refractivity contribution in [3.8, 4) is 11.5 Å². The Kier molecular flexibility index (Phi) is 6.15. The van der Waals surface area contributed by atoms with Crippen LogP contribution >= 0.6 is 12.4 Å². The van der Waals surface area contributed by atoms with Crippen LogP contribution in [-0.2, 0) is 11.2 Å². The smallest absolute Gasteiger partial charge is 0.226 e. The van der Waals surface area contributed by atoms with E-state index in [-0.39, 0.29) is 30.7 Å². The number of β-amino-alcohol motifs (C(OH)–C–C–N with tert-alkyl or cyclic N) is 1. The molecule has 1 saturated heterocycles. The van der Waals surface area contributed by atoms with Crippen molar-refractivity contribution in [1.29, 1.82) is 0 Å². The molecule has 1 aromatic heterocycles. The first-order chi connectivity index (χ1) is 10.7. The van der Waals surface area contributed by atoms with Gasteiger partial charge in [0.25, 0.3) is 0 Å². The standard InChI is InChI=1S/C16H19N3O3.ClH/c20-14-9-17-7-12(14)8-18-15(21)6-13-10-22-16(19-13)11-4-2-1-3-5-11;/h1-5,10,12,14,17,20H,6-9H2,(H,18,21);1H. The second-order valence-electron chi connectivity index (χ2n) is 5.48. The van der Waals surface area contributed by atoms with Crippen LogP contribution < -0.4 is 10.6 Å².